The molecular formula is C28H32N2O3. The number of carbonyl (C=O) groups excluding carboxylic acids is 2. The van der Waals surface area contributed by atoms with Crippen molar-refractivity contribution in [1.82, 2.24) is 10.3 Å². The van der Waals surface area contributed by atoms with Gasteiger partial charge in [0.15, 0.2) is 0 Å². The van der Waals surface area contributed by atoms with Crippen molar-refractivity contribution >= 4 is 22.6 Å². The molecule has 2 N–H and O–H groups in total. The van der Waals surface area contributed by atoms with Crippen molar-refractivity contribution in [2.75, 3.05) is 7.11 Å². The number of fused-ring (bicyclic) bond motifs is 3. The monoisotopic (exact) mass is 444 g/mol. The lowest BCUT2D eigenvalue weighted by Gasteiger charge is -2.25. The number of nitrogens with one attached hydrogen (secondary N) is 2. The average molecular weight is 445 g/mol. The third-order valence-corrected chi connectivity index (χ3v) is 7.52. The predicted octanol–water partition coefficient (Wildman–Crippen LogP) is 5.39. The van der Waals surface area contributed by atoms with E-state index in [1.54, 1.807) is 7.11 Å². The Morgan fingerprint density at radius 2 is 1.91 bits per heavy atom. The van der Waals surface area contributed by atoms with Gasteiger partial charge >= 0.3 is 0 Å². The summed E-state index contributed by atoms with van der Waals surface area (Å²) in [5.74, 6) is 1.23. The molecule has 3 atom stereocenters. The van der Waals surface area contributed by atoms with Crippen LogP contribution in [0.25, 0.3) is 10.9 Å². The summed E-state index contributed by atoms with van der Waals surface area (Å²) < 4.78 is 5.40. The maximum absolute atomic E-state index is 13.2. The fraction of sp³-hybridized carbons (Fsp3) is 0.429. The number of ketones is 1. The lowest BCUT2D eigenvalue weighted by Crippen LogP contribution is -2.34. The van der Waals surface area contributed by atoms with Gasteiger partial charge in [0, 0.05) is 28.9 Å². The molecule has 0 aliphatic heterocycles. The molecule has 1 heterocycles. The molecule has 2 aromatic carbocycles. The van der Waals surface area contributed by atoms with Gasteiger partial charge in [0.25, 0.3) is 0 Å². The van der Waals surface area contributed by atoms with E-state index in [0.29, 0.717) is 5.78 Å². The molecule has 3 unspecified atom stereocenters. The fourth-order valence-corrected chi connectivity index (χ4v) is 5.49. The maximum atomic E-state index is 13.2. The van der Waals surface area contributed by atoms with Crippen LogP contribution in [-0.2, 0) is 22.4 Å². The van der Waals surface area contributed by atoms with Gasteiger partial charge in [-0.15, -0.1) is 0 Å². The number of hydrogen-bond donors (Lipinski definition) is 2. The fourth-order valence-electron chi connectivity index (χ4n) is 5.49. The second-order valence-electron chi connectivity index (χ2n) is 9.61. The normalized spacial score (nSPS) is 21.1. The predicted molar refractivity (Wildman–Crippen MR) is 130 cm³/mol. The number of aromatic amines is 1. The first kappa shape index (κ1) is 21.7. The number of aromatic nitrogens is 1. The van der Waals surface area contributed by atoms with Crippen LogP contribution < -0.4 is 10.1 Å². The van der Waals surface area contributed by atoms with Crippen LogP contribution in [0.4, 0.5) is 0 Å². The van der Waals surface area contributed by atoms with Crippen LogP contribution in [0.5, 0.6) is 5.75 Å². The summed E-state index contributed by atoms with van der Waals surface area (Å²) in [5, 5.41) is 4.48. The number of H-pyrrole nitrogens is 1. The third-order valence-electron chi connectivity index (χ3n) is 7.52. The van der Waals surface area contributed by atoms with E-state index in [1.807, 2.05) is 25.1 Å². The highest BCUT2D eigenvalue weighted by Gasteiger charge is 2.28. The Morgan fingerprint density at radius 1 is 1.12 bits per heavy atom. The largest absolute Gasteiger partial charge is 0.497 e. The summed E-state index contributed by atoms with van der Waals surface area (Å²) in [6.45, 7) is 1.96. The summed E-state index contributed by atoms with van der Waals surface area (Å²) in [5.41, 5.74) is 5.69. The van der Waals surface area contributed by atoms with Gasteiger partial charge in [-0.2, -0.15) is 0 Å². The van der Waals surface area contributed by atoms with E-state index in [2.05, 4.69) is 34.6 Å². The Bertz CT molecular complexity index is 1180. The van der Waals surface area contributed by atoms with Crippen molar-refractivity contribution in [3.05, 3.63) is 64.8 Å². The quantitative estimate of drug-likeness (QED) is 0.536. The van der Waals surface area contributed by atoms with Gasteiger partial charge in [-0.05, 0) is 80.3 Å². The first-order chi connectivity index (χ1) is 16.0. The van der Waals surface area contributed by atoms with E-state index >= 15 is 0 Å². The topological polar surface area (TPSA) is 71.2 Å². The van der Waals surface area contributed by atoms with Crippen molar-refractivity contribution in [2.24, 2.45) is 5.92 Å². The van der Waals surface area contributed by atoms with Crippen LogP contribution in [0.3, 0.4) is 0 Å². The minimum atomic E-state index is -0.234. The Labute approximate surface area is 194 Å². The lowest BCUT2D eigenvalue weighted by molar-refractivity contribution is -0.123. The summed E-state index contributed by atoms with van der Waals surface area (Å²) in [7, 11) is 1.69. The minimum Gasteiger partial charge on any atom is -0.497 e. The van der Waals surface area contributed by atoms with E-state index in [-0.39, 0.29) is 23.8 Å². The molecule has 2 aliphatic rings. The molecule has 5 heteroatoms. The van der Waals surface area contributed by atoms with Gasteiger partial charge in [0.2, 0.25) is 5.91 Å². The second kappa shape index (κ2) is 9.05. The summed E-state index contributed by atoms with van der Waals surface area (Å²) in [6, 6.07) is 14.3. The number of rotatable bonds is 6. The number of aryl methyl sites for hydroxylation is 1. The lowest BCUT2D eigenvalue weighted by atomic mass is 9.90. The molecule has 2 aliphatic carbocycles. The van der Waals surface area contributed by atoms with Gasteiger partial charge in [-0.1, -0.05) is 24.3 Å². The molecule has 1 fully saturated rings. The van der Waals surface area contributed by atoms with Crippen LogP contribution in [-0.4, -0.2) is 23.8 Å². The van der Waals surface area contributed by atoms with E-state index in [9.17, 15) is 9.59 Å². The zero-order valence-electron chi connectivity index (χ0n) is 19.4. The van der Waals surface area contributed by atoms with Gasteiger partial charge in [0.1, 0.15) is 11.5 Å². The van der Waals surface area contributed by atoms with Gasteiger partial charge in [-0.25, -0.2) is 0 Å². The number of Topliss-reactive ketones (excluding diaryl/α,β-unsaturated/α-hetero) is 1. The first-order valence-electron chi connectivity index (χ1n) is 12.1. The molecule has 1 amide bonds. The Kier molecular flexibility index (Phi) is 5.96. The highest BCUT2D eigenvalue weighted by molar-refractivity contribution is 5.88. The standard InChI is InChI=1S/C28H32N2O3/c1-17(19-11-9-18(10-12-19)15-20-5-3-8-26(20)31)28(32)30-25-7-4-6-22-23-16-21(33-2)13-14-24(23)29-27(22)25/h9-14,16-17,20,25,29H,3-8,15H2,1-2H3,(H,30,32). The van der Waals surface area contributed by atoms with Crippen molar-refractivity contribution < 1.29 is 14.3 Å². The number of benzene rings is 2. The number of methoxy groups -OCH3 is 1. The number of hydrogen-bond acceptors (Lipinski definition) is 3. The SMILES string of the molecule is COc1ccc2[nH]c3c(c2c1)CCCC3NC(=O)C(C)c1ccc(CC2CCCC2=O)cc1. The Hall–Kier alpha value is -3.08. The van der Waals surface area contributed by atoms with Crippen LogP contribution in [0, 0.1) is 5.92 Å². The van der Waals surface area contributed by atoms with Crippen LogP contribution in [0.15, 0.2) is 42.5 Å². The number of amides is 1. The van der Waals surface area contributed by atoms with Crippen LogP contribution in [0.1, 0.15) is 73.4 Å². The van der Waals surface area contributed by atoms with Crippen LogP contribution >= 0.6 is 0 Å². The molecule has 5 nitrogen and oxygen atoms in total. The van der Waals surface area contributed by atoms with Crippen molar-refractivity contribution in [3.8, 4) is 5.75 Å². The van der Waals surface area contributed by atoms with E-state index < -0.39 is 0 Å². The minimum absolute atomic E-state index is 0.00486. The van der Waals surface area contributed by atoms with Crippen LogP contribution in [0.2, 0.25) is 0 Å². The molecule has 0 bridgehead atoms. The average Bonchev–Trinajstić information content (AvgIpc) is 3.42. The molecule has 1 saturated carbocycles. The molecule has 0 spiro atoms. The number of ether oxygens (including phenoxy) is 1. The van der Waals surface area contributed by atoms with E-state index in [1.165, 1.54) is 16.5 Å². The molecule has 33 heavy (non-hydrogen) atoms. The van der Waals surface area contributed by atoms with E-state index in [4.69, 9.17) is 4.74 Å². The molecule has 5 rings (SSSR count). The molecule has 1 aromatic heterocycles. The summed E-state index contributed by atoms with van der Waals surface area (Å²) in [4.78, 5) is 28.7. The number of carbonyl (C=O) groups is 2. The third kappa shape index (κ3) is 4.29. The van der Waals surface area contributed by atoms with Crippen molar-refractivity contribution in [1.29, 1.82) is 0 Å². The van der Waals surface area contributed by atoms with E-state index in [0.717, 1.165) is 67.5 Å². The van der Waals surface area contributed by atoms with Crippen molar-refractivity contribution in [3.63, 3.8) is 0 Å². The Morgan fingerprint density at radius 3 is 2.64 bits per heavy atom. The zero-order chi connectivity index (χ0) is 22.9. The highest BCUT2D eigenvalue weighted by Crippen LogP contribution is 2.36. The molecule has 0 radical (unpaired) electrons. The first-order valence-corrected chi connectivity index (χ1v) is 12.1. The maximum Gasteiger partial charge on any atom is 0.227 e. The van der Waals surface area contributed by atoms with Gasteiger partial charge in [-0.3, -0.25) is 9.59 Å². The highest BCUT2D eigenvalue weighted by atomic mass is 16.5. The smallest absolute Gasteiger partial charge is 0.227 e. The molecule has 0 saturated heterocycles. The molecular weight excluding hydrogens is 412 g/mol. The van der Waals surface area contributed by atoms with Gasteiger partial charge < -0.3 is 15.0 Å². The van der Waals surface area contributed by atoms with Crippen molar-refractivity contribution in [2.45, 2.75) is 63.8 Å². The second-order valence-corrected chi connectivity index (χ2v) is 9.61. The Balaban J connectivity index is 1.28. The molecule has 172 valence electrons. The summed E-state index contributed by atoms with van der Waals surface area (Å²) in [6.07, 6.45) is 6.56. The summed E-state index contributed by atoms with van der Waals surface area (Å²) >= 11 is 0. The van der Waals surface area contributed by atoms with Gasteiger partial charge in [0.05, 0.1) is 19.1 Å². The molecule has 3 aromatic rings. The zero-order valence-corrected chi connectivity index (χ0v) is 19.4.